The molecule has 2 atom stereocenters. The normalized spacial score (nSPS) is 21.6. The van der Waals surface area contributed by atoms with Gasteiger partial charge in [-0.05, 0) is 37.0 Å². The van der Waals surface area contributed by atoms with Crippen molar-refractivity contribution in [2.45, 2.75) is 44.7 Å². The van der Waals surface area contributed by atoms with Crippen LogP contribution in [0.3, 0.4) is 0 Å². The van der Waals surface area contributed by atoms with Crippen molar-refractivity contribution in [1.82, 2.24) is 10.2 Å². The molecule has 3 rings (SSSR count). The minimum Gasteiger partial charge on any atom is -0.379 e. The molecule has 4 N–H and O–H groups in total. The number of rotatable bonds is 7. The van der Waals surface area contributed by atoms with Gasteiger partial charge in [-0.25, -0.2) is 0 Å². The Hall–Kier alpha value is -1.38. The summed E-state index contributed by atoms with van der Waals surface area (Å²) in [6.45, 7) is 4.45. The predicted molar refractivity (Wildman–Crippen MR) is 123 cm³/mol. The molecule has 2 unspecified atom stereocenters. The summed E-state index contributed by atoms with van der Waals surface area (Å²) in [6.07, 6.45) is 4.18. The molecule has 9 heteroatoms. The number of ether oxygens (including phenoxy) is 1. The van der Waals surface area contributed by atoms with Crippen LogP contribution < -0.4 is 16.4 Å². The van der Waals surface area contributed by atoms with E-state index in [1.54, 1.807) is 0 Å². The largest absolute Gasteiger partial charge is 0.379 e. The average Bonchev–Trinajstić information content (AvgIpc) is 2.71. The van der Waals surface area contributed by atoms with Crippen molar-refractivity contribution in [3.05, 3.63) is 29.8 Å². The summed E-state index contributed by atoms with van der Waals surface area (Å²) >= 11 is 0. The van der Waals surface area contributed by atoms with E-state index >= 15 is 0 Å². The minimum absolute atomic E-state index is 0. The quantitative estimate of drug-likeness (QED) is 0.579. The number of nitrogens with two attached hydrogens (primary N) is 1. The highest BCUT2D eigenvalue weighted by Gasteiger charge is 2.25. The lowest BCUT2D eigenvalue weighted by Gasteiger charge is -2.26. The van der Waals surface area contributed by atoms with Crippen LogP contribution in [-0.4, -0.2) is 55.6 Å². The number of hydrogen-bond donors (Lipinski definition) is 3. The third-order valence-corrected chi connectivity index (χ3v) is 5.52. The van der Waals surface area contributed by atoms with Gasteiger partial charge in [0, 0.05) is 50.2 Å². The number of amides is 2. The van der Waals surface area contributed by atoms with Crippen LogP contribution in [0.4, 0.5) is 5.69 Å². The van der Waals surface area contributed by atoms with Gasteiger partial charge in [0.1, 0.15) is 0 Å². The van der Waals surface area contributed by atoms with E-state index < -0.39 is 0 Å². The third kappa shape index (κ3) is 8.78. The summed E-state index contributed by atoms with van der Waals surface area (Å²) < 4.78 is 5.32. The zero-order valence-electron chi connectivity index (χ0n) is 17.3. The lowest BCUT2D eigenvalue weighted by atomic mass is 9.85. The molecule has 0 aromatic heterocycles. The fourth-order valence-corrected chi connectivity index (χ4v) is 3.87. The number of nitrogens with zero attached hydrogens (tertiary/aromatic N) is 1. The first kappa shape index (κ1) is 26.7. The number of anilines is 1. The minimum atomic E-state index is 0. The van der Waals surface area contributed by atoms with E-state index in [0.717, 1.165) is 69.8 Å². The molecular weight excluding hydrogens is 427 g/mol. The fraction of sp³-hybridized carbons (Fsp3) is 0.619. The summed E-state index contributed by atoms with van der Waals surface area (Å²) in [7, 11) is 0. The molecule has 0 radical (unpaired) electrons. The SMILES string of the molecule is Cl.Cl.NC1CCCC(C(=O)NCc2cccc(NC(=O)CCN3CCOCC3)c2)C1. The van der Waals surface area contributed by atoms with Crippen LogP contribution in [-0.2, 0) is 20.9 Å². The molecule has 1 aromatic carbocycles. The molecule has 170 valence electrons. The second kappa shape index (κ2) is 13.8. The summed E-state index contributed by atoms with van der Waals surface area (Å²) in [5.41, 5.74) is 7.71. The van der Waals surface area contributed by atoms with E-state index in [1.165, 1.54) is 0 Å². The molecular formula is C21H34Cl2N4O3. The molecule has 0 bridgehead atoms. The Bertz CT molecular complexity index is 671. The van der Waals surface area contributed by atoms with Crippen molar-refractivity contribution in [3.63, 3.8) is 0 Å². The van der Waals surface area contributed by atoms with Gasteiger partial charge in [0.25, 0.3) is 0 Å². The number of nitrogens with one attached hydrogen (secondary N) is 2. The topological polar surface area (TPSA) is 96.7 Å². The summed E-state index contributed by atoms with van der Waals surface area (Å²) in [5, 5.41) is 5.96. The van der Waals surface area contributed by atoms with Crippen molar-refractivity contribution in [1.29, 1.82) is 0 Å². The van der Waals surface area contributed by atoms with Gasteiger partial charge >= 0.3 is 0 Å². The highest BCUT2D eigenvalue weighted by atomic mass is 35.5. The molecule has 2 fully saturated rings. The van der Waals surface area contributed by atoms with E-state index in [2.05, 4.69) is 15.5 Å². The molecule has 1 aliphatic heterocycles. The molecule has 1 aromatic rings. The van der Waals surface area contributed by atoms with Crippen molar-refractivity contribution in [2.75, 3.05) is 38.2 Å². The predicted octanol–water partition coefficient (Wildman–Crippen LogP) is 2.32. The number of halogens is 2. The van der Waals surface area contributed by atoms with E-state index in [1.807, 2.05) is 24.3 Å². The van der Waals surface area contributed by atoms with Gasteiger partial charge in [0.15, 0.2) is 0 Å². The molecule has 1 aliphatic carbocycles. The Morgan fingerprint density at radius 3 is 2.67 bits per heavy atom. The molecule has 1 saturated carbocycles. The lowest BCUT2D eigenvalue weighted by molar-refractivity contribution is -0.126. The molecule has 2 amide bonds. The van der Waals surface area contributed by atoms with Crippen molar-refractivity contribution in [2.24, 2.45) is 11.7 Å². The molecule has 7 nitrogen and oxygen atoms in total. The molecule has 1 heterocycles. The van der Waals surface area contributed by atoms with Crippen LogP contribution in [0.15, 0.2) is 24.3 Å². The highest BCUT2D eigenvalue weighted by Crippen LogP contribution is 2.23. The van der Waals surface area contributed by atoms with E-state index in [4.69, 9.17) is 10.5 Å². The van der Waals surface area contributed by atoms with Crippen LogP contribution >= 0.6 is 24.8 Å². The maximum atomic E-state index is 12.4. The van der Waals surface area contributed by atoms with Crippen LogP contribution in [0.5, 0.6) is 0 Å². The van der Waals surface area contributed by atoms with Gasteiger partial charge in [-0.2, -0.15) is 0 Å². The number of morpholine rings is 1. The monoisotopic (exact) mass is 460 g/mol. The van der Waals surface area contributed by atoms with Crippen LogP contribution in [0.1, 0.15) is 37.7 Å². The van der Waals surface area contributed by atoms with E-state index in [0.29, 0.717) is 13.0 Å². The molecule has 0 spiro atoms. The number of hydrogen-bond acceptors (Lipinski definition) is 5. The first-order valence-corrected chi connectivity index (χ1v) is 10.3. The first-order chi connectivity index (χ1) is 13.6. The summed E-state index contributed by atoms with van der Waals surface area (Å²) in [5.74, 6) is 0.103. The van der Waals surface area contributed by atoms with Gasteiger partial charge < -0.3 is 21.1 Å². The lowest BCUT2D eigenvalue weighted by Crippen LogP contribution is -2.38. The van der Waals surface area contributed by atoms with Crippen LogP contribution in [0.2, 0.25) is 0 Å². The Morgan fingerprint density at radius 1 is 1.17 bits per heavy atom. The van der Waals surface area contributed by atoms with Gasteiger partial charge in [-0.3, -0.25) is 14.5 Å². The molecule has 2 aliphatic rings. The van der Waals surface area contributed by atoms with E-state index in [9.17, 15) is 9.59 Å². The zero-order chi connectivity index (χ0) is 19.8. The highest BCUT2D eigenvalue weighted by molar-refractivity contribution is 5.90. The maximum absolute atomic E-state index is 12.4. The van der Waals surface area contributed by atoms with Gasteiger partial charge in [0.05, 0.1) is 13.2 Å². The van der Waals surface area contributed by atoms with E-state index in [-0.39, 0.29) is 48.6 Å². The second-order valence-electron chi connectivity index (χ2n) is 7.79. The van der Waals surface area contributed by atoms with Gasteiger partial charge in [-0.15, -0.1) is 24.8 Å². The Morgan fingerprint density at radius 2 is 1.93 bits per heavy atom. The maximum Gasteiger partial charge on any atom is 0.225 e. The Labute approximate surface area is 191 Å². The van der Waals surface area contributed by atoms with Crippen molar-refractivity contribution < 1.29 is 14.3 Å². The van der Waals surface area contributed by atoms with Gasteiger partial charge in [0.2, 0.25) is 11.8 Å². The zero-order valence-corrected chi connectivity index (χ0v) is 18.9. The number of carbonyl (C=O) groups is 2. The second-order valence-corrected chi connectivity index (χ2v) is 7.79. The summed E-state index contributed by atoms with van der Waals surface area (Å²) in [4.78, 5) is 26.8. The standard InChI is InChI=1S/C21H32N4O3.2ClH/c22-18-5-2-4-17(14-18)21(27)23-15-16-3-1-6-19(13-16)24-20(26)7-8-25-9-11-28-12-10-25;;/h1,3,6,13,17-18H,2,4-5,7-12,14-15,22H2,(H,23,27)(H,24,26);2*1H. The smallest absolute Gasteiger partial charge is 0.225 e. The average molecular weight is 461 g/mol. The van der Waals surface area contributed by atoms with Crippen LogP contribution in [0, 0.1) is 5.92 Å². The molecule has 30 heavy (non-hydrogen) atoms. The number of carbonyl (C=O) groups excluding carboxylic acids is 2. The van der Waals surface area contributed by atoms with Crippen molar-refractivity contribution >= 4 is 42.3 Å². The Balaban J connectivity index is 0.00000225. The fourth-order valence-electron chi connectivity index (χ4n) is 3.87. The molecule has 1 saturated heterocycles. The van der Waals surface area contributed by atoms with Gasteiger partial charge in [-0.1, -0.05) is 18.6 Å². The van der Waals surface area contributed by atoms with Crippen molar-refractivity contribution in [3.8, 4) is 0 Å². The number of benzene rings is 1. The first-order valence-electron chi connectivity index (χ1n) is 10.3. The van der Waals surface area contributed by atoms with Crippen LogP contribution in [0.25, 0.3) is 0 Å². The Kier molecular flexibility index (Phi) is 12.3. The third-order valence-electron chi connectivity index (χ3n) is 5.52. The summed E-state index contributed by atoms with van der Waals surface area (Å²) in [6, 6.07) is 7.78.